The Kier molecular flexibility index (Phi) is 0.433. The number of aromatic amines is 1. The first kappa shape index (κ1) is 2.45. The summed E-state index contributed by atoms with van der Waals surface area (Å²) in [5.74, 6) is 0. The number of hydrogen-bond acceptors (Lipinski definition) is 1. The molecule has 0 fully saturated rings. The van der Waals surface area contributed by atoms with Crippen LogP contribution in [0, 0.1) is 0 Å². The zero-order valence-corrected chi connectivity index (χ0v) is 2.68. The van der Waals surface area contributed by atoms with Gasteiger partial charge in [-0.05, 0) is 6.07 Å². The third-order valence-corrected chi connectivity index (χ3v) is 0.406. The highest BCUT2D eigenvalue weighted by Crippen LogP contribution is 1.64. The van der Waals surface area contributed by atoms with Gasteiger partial charge in [0.25, 0.3) is 0 Å². The number of nitrogens with one attached hydrogen (secondary N) is 1. The maximum atomic E-state index is 3.60. The molecule has 0 spiro atoms. The van der Waals surface area contributed by atoms with E-state index >= 15 is 0 Å². The van der Waals surface area contributed by atoms with Crippen molar-refractivity contribution in [2.24, 2.45) is 0 Å². The summed E-state index contributed by atoms with van der Waals surface area (Å²) in [6.45, 7) is 0. The Labute approximate surface area is 31.3 Å². The Bertz CT molecular complexity index is 65.3. The summed E-state index contributed by atoms with van der Waals surface area (Å²) in [5, 5.41) is 6.21. The van der Waals surface area contributed by atoms with Gasteiger partial charge in [-0.3, -0.25) is 5.10 Å². The Morgan fingerprint density at radius 3 is 3.00 bits per heavy atom. The first-order chi connectivity index (χ1) is 2.50. The molecule has 0 aliphatic heterocycles. The van der Waals surface area contributed by atoms with Crippen molar-refractivity contribution in [3.05, 3.63) is 18.5 Å². The lowest BCUT2D eigenvalue weighted by Gasteiger charge is -1.49. The maximum absolute atomic E-state index is 3.60. The van der Waals surface area contributed by atoms with Gasteiger partial charge in [-0.25, -0.2) is 0 Å². The second-order valence-electron chi connectivity index (χ2n) is 0.766. The average molecular weight is 71.1 g/mol. The molecule has 2 nitrogen and oxygen atoms in total. The molecule has 1 heterocycles. The van der Waals surface area contributed by atoms with Crippen LogP contribution in [-0.2, 0) is 0 Å². The molecule has 1 aromatic heterocycles. The first-order valence-electron chi connectivity index (χ1n) is 1.44. The highest BCUT2D eigenvalue weighted by Gasteiger charge is 1.56. The lowest BCUT2D eigenvalue weighted by atomic mass is 10.8. The maximum Gasteiger partial charge on any atom is 0.0487 e. The molecule has 2 heteroatoms. The fourth-order valence-electron chi connectivity index (χ4n) is 0.215. The van der Waals surface area contributed by atoms with Crippen molar-refractivity contribution in [3.63, 3.8) is 0 Å². The van der Waals surface area contributed by atoms with Gasteiger partial charge >= 0.3 is 0 Å². The number of H-pyrrole nitrogens is 1. The Hall–Kier alpha value is -0.790. The van der Waals surface area contributed by atoms with E-state index in [4.69, 9.17) is 0 Å². The molecule has 0 amide bonds. The van der Waals surface area contributed by atoms with Gasteiger partial charge in [0.05, 0.1) is 0 Å². The molecule has 0 saturated carbocycles. The van der Waals surface area contributed by atoms with E-state index in [0.29, 0.717) is 0 Å². The topological polar surface area (TPSA) is 28.7 Å². The lowest BCUT2D eigenvalue weighted by Crippen LogP contribution is -1.53. The molecule has 0 radical (unpaired) electrons. The van der Waals surface area contributed by atoms with Crippen LogP contribution < -0.4 is 0 Å². The van der Waals surface area contributed by atoms with E-state index < -0.39 is 0 Å². The quantitative estimate of drug-likeness (QED) is 0.478. The normalized spacial score (nSPS) is 8.00. The minimum Gasteiger partial charge on any atom is -0.286 e. The van der Waals surface area contributed by atoms with E-state index in [1.54, 1.807) is 12.4 Å². The van der Waals surface area contributed by atoms with Gasteiger partial charge in [0.1, 0.15) is 0 Å². The first-order valence-corrected chi connectivity index (χ1v) is 1.44. The summed E-state index contributed by atoms with van der Waals surface area (Å²) in [6, 6.07) is 1.83. The summed E-state index contributed by atoms with van der Waals surface area (Å²) in [7, 11) is 0. The van der Waals surface area contributed by atoms with E-state index in [2.05, 4.69) is 10.2 Å². The highest BCUT2D eigenvalue weighted by atomic mass is 15.1. The van der Waals surface area contributed by atoms with Crippen molar-refractivity contribution in [2.75, 3.05) is 0 Å². The zero-order chi connectivity index (χ0) is 3.54. The molecule has 0 saturated heterocycles. The molecular formula is C3H6N2. The third kappa shape index (κ3) is 0.265. The van der Waals surface area contributed by atoms with Gasteiger partial charge in [0, 0.05) is 13.8 Å². The summed E-state index contributed by atoms with van der Waals surface area (Å²) in [4.78, 5) is 0. The van der Waals surface area contributed by atoms with Crippen molar-refractivity contribution in [3.8, 4) is 0 Å². The van der Waals surface area contributed by atoms with Gasteiger partial charge in [0.15, 0.2) is 0 Å². The van der Waals surface area contributed by atoms with Gasteiger partial charge in [-0.15, -0.1) is 0 Å². The highest BCUT2D eigenvalue weighted by molar-refractivity contribution is 4.72. The SMILES string of the molecule is [2HH].c1cn[nH]c1. The number of nitrogens with zero attached hydrogens (tertiary/aromatic N) is 1. The second-order valence-corrected chi connectivity index (χ2v) is 0.766. The fourth-order valence-corrected chi connectivity index (χ4v) is 0.215. The molecule has 1 N–H and O–H groups in total. The summed E-state index contributed by atoms with van der Waals surface area (Å²) in [6.07, 6.45) is 3.46. The van der Waals surface area contributed by atoms with Crippen LogP contribution in [-0.4, -0.2) is 10.2 Å². The van der Waals surface area contributed by atoms with Crippen molar-refractivity contribution >= 4 is 0 Å². The van der Waals surface area contributed by atoms with E-state index in [0.717, 1.165) is 0 Å². The predicted octanol–water partition coefficient (Wildman–Crippen LogP) is 0.656. The second kappa shape index (κ2) is 0.885. The standard InChI is InChI=1S/C3H4N2.H2/c1-2-4-5-3-1;/h1-3H,(H,4,5);1H/i;1+1. The molecule has 28 valence electrons. The third-order valence-electron chi connectivity index (χ3n) is 0.406. The Morgan fingerprint density at radius 2 is 2.80 bits per heavy atom. The van der Waals surface area contributed by atoms with Crippen molar-refractivity contribution in [2.45, 2.75) is 0 Å². The summed E-state index contributed by atoms with van der Waals surface area (Å²) in [5.41, 5.74) is 0. The Balaban J connectivity index is 0.000000250. The van der Waals surface area contributed by atoms with Crippen LogP contribution in [0.3, 0.4) is 0 Å². The number of hydrogen-bond donors (Lipinski definition) is 1. The van der Waals surface area contributed by atoms with Crippen LogP contribution in [0.1, 0.15) is 1.43 Å². The molecule has 1 aromatic rings. The van der Waals surface area contributed by atoms with Crippen LogP contribution in [0.15, 0.2) is 18.5 Å². The monoisotopic (exact) mass is 71.1 g/mol. The number of aromatic nitrogens is 2. The average Bonchev–Trinajstić information content (AvgIpc) is 1.76. The molecule has 0 bridgehead atoms. The van der Waals surface area contributed by atoms with Crippen molar-refractivity contribution < 1.29 is 1.43 Å². The molecule has 0 aliphatic carbocycles. The molecule has 5 heavy (non-hydrogen) atoms. The van der Waals surface area contributed by atoms with E-state index in [1.807, 2.05) is 6.07 Å². The number of rotatable bonds is 0. The van der Waals surface area contributed by atoms with E-state index in [-0.39, 0.29) is 1.43 Å². The van der Waals surface area contributed by atoms with Crippen LogP contribution in [0.2, 0.25) is 0 Å². The van der Waals surface area contributed by atoms with Gasteiger partial charge in [0.2, 0.25) is 0 Å². The minimum atomic E-state index is 0. The fraction of sp³-hybridized carbons (Fsp3) is 0. The largest absolute Gasteiger partial charge is 0.286 e. The zero-order valence-electron chi connectivity index (χ0n) is 2.68. The van der Waals surface area contributed by atoms with Crippen molar-refractivity contribution in [1.82, 2.24) is 10.2 Å². The van der Waals surface area contributed by atoms with Crippen LogP contribution in [0.5, 0.6) is 0 Å². The van der Waals surface area contributed by atoms with Gasteiger partial charge in [-0.1, -0.05) is 0 Å². The van der Waals surface area contributed by atoms with E-state index in [9.17, 15) is 0 Å². The molecular weight excluding hydrogens is 64.0 g/mol. The molecule has 0 atom stereocenters. The van der Waals surface area contributed by atoms with E-state index in [1.165, 1.54) is 0 Å². The lowest BCUT2D eigenvalue weighted by molar-refractivity contribution is 1.09. The molecule has 0 aliphatic rings. The van der Waals surface area contributed by atoms with Crippen LogP contribution in [0.4, 0.5) is 0 Å². The Morgan fingerprint density at radius 1 is 1.80 bits per heavy atom. The molecule has 0 aromatic carbocycles. The predicted molar refractivity (Wildman–Crippen MR) is 20.7 cm³/mol. The van der Waals surface area contributed by atoms with Gasteiger partial charge in [-0.2, -0.15) is 5.10 Å². The minimum absolute atomic E-state index is 0. The molecule has 1 rings (SSSR count). The van der Waals surface area contributed by atoms with Gasteiger partial charge < -0.3 is 0 Å². The summed E-state index contributed by atoms with van der Waals surface area (Å²) < 4.78 is 0. The van der Waals surface area contributed by atoms with Crippen molar-refractivity contribution in [1.29, 1.82) is 0 Å². The molecule has 0 unspecified atom stereocenters. The summed E-state index contributed by atoms with van der Waals surface area (Å²) >= 11 is 0. The van der Waals surface area contributed by atoms with Crippen LogP contribution >= 0.6 is 0 Å². The van der Waals surface area contributed by atoms with Crippen LogP contribution in [0.25, 0.3) is 0 Å². The smallest absolute Gasteiger partial charge is 0.0487 e.